The van der Waals surface area contributed by atoms with Crippen molar-refractivity contribution in [3.63, 3.8) is 0 Å². The summed E-state index contributed by atoms with van der Waals surface area (Å²) in [5, 5.41) is 3.36. The van der Waals surface area contributed by atoms with E-state index in [0.717, 1.165) is 11.3 Å². The summed E-state index contributed by atoms with van der Waals surface area (Å²) in [4.78, 5) is 25.1. The van der Waals surface area contributed by atoms with E-state index >= 15 is 0 Å². The Morgan fingerprint density at radius 2 is 2.10 bits per heavy atom. The predicted molar refractivity (Wildman–Crippen MR) is 78.2 cm³/mol. The Kier molecular flexibility index (Phi) is 4.27. The van der Waals surface area contributed by atoms with Crippen LogP contribution >= 0.6 is 0 Å². The van der Waals surface area contributed by atoms with Crippen molar-refractivity contribution in [3.05, 3.63) is 29.8 Å². The minimum Gasteiger partial charge on any atom is -0.382 e. The van der Waals surface area contributed by atoms with Gasteiger partial charge in [-0.2, -0.15) is 0 Å². The van der Waals surface area contributed by atoms with E-state index in [1.54, 1.807) is 0 Å². The predicted octanol–water partition coefficient (Wildman–Crippen LogP) is 0.993. The SMILES string of the molecule is CCN(CC(N)=O)C(=O)C1Cc2ccccc2NC1C. The van der Waals surface area contributed by atoms with Gasteiger partial charge in [-0.1, -0.05) is 18.2 Å². The molecule has 2 rings (SSSR count). The van der Waals surface area contributed by atoms with Crippen LogP contribution in [0.2, 0.25) is 0 Å². The van der Waals surface area contributed by atoms with Crippen molar-refractivity contribution < 1.29 is 9.59 Å². The molecule has 1 aromatic carbocycles. The molecule has 108 valence electrons. The van der Waals surface area contributed by atoms with E-state index in [2.05, 4.69) is 5.32 Å². The van der Waals surface area contributed by atoms with Crippen LogP contribution in [0.15, 0.2) is 24.3 Å². The number of carbonyl (C=O) groups excluding carboxylic acids is 2. The van der Waals surface area contributed by atoms with E-state index < -0.39 is 5.91 Å². The van der Waals surface area contributed by atoms with Crippen LogP contribution in [0.5, 0.6) is 0 Å². The van der Waals surface area contributed by atoms with Crippen molar-refractivity contribution in [1.29, 1.82) is 0 Å². The Bertz CT molecular complexity index is 516. The number of para-hydroxylation sites is 1. The van der Waals surface area contributed by atoms with E-state index in [1.807, 2.05) is 38.1 Å². The highest BCUT2D eigenvalue weighted by Crippen LogP contribution is 2.29. The van der Waals surface area contributed by atoms with Crippen LogP contribution in [-0.4, -0.2) is 35.8 Å². The molecule has 0 aliphatic carbocycles. The van der Waals surface area contributed by atoms with Gasteiger partial charge in [-0.3, -0.25) is 9.59 Å². The number of carbonyl (C=O) groups is 2. The number of likely N-dealkylation sites (N-methyl/N-ethyl adjacent to an activating group) is 1. The van der Waals surface area contributed by atoms with Crippen molar-refractivity contribution in [1.82, 2.24) is 4.90 Å². The van der Waals surface area contributed by atoms with Crippen molar-refractivity contribution in [3.8, 4) is 0 Å². The van der Waals surface area contributed by atoms with Gasteiger partial charge in [-0.05, 0) is 31.9 Å². The summed E-state index contributed by atoms with van der Waals surface area (Å²) in [5.41, 5.74) is 7.42. The highest BCUT2D eigenvalue weighted by molar-refractivity contribution is 5.86. The number of nitrogens with zero attached hydrogens (tertiary/aromatic N) is 1. The number of fused-ring (bicyclic) bond motifs is 1. The number of anilines is 1. The lowest BCUT2D eigenvalue weighted by molar-refractivity contribution is -0.139. The van der Waals surface area contributed by atoms with Crippen LogP contribution in [0.4, 0.5) is 5.69 Å². The molecular formula is C15H21N3O2. The number of nitrogens with two attached hydrogens (primary N) is 1. The van der Waals surface area contributed by atoms with Gasteiger partial charge in [0.05, 0.1) is 12.5 Å². The first-order chi connectivity index (χ1) is 9.52. The molecule has 3 N–H and O–H groups in total. The van der Waals surface area contributed by atoms with Crippen LogP contribution in [0, 0.1) is 5.92 Å². The molecule has 0 saturated heterocycles. The standard InChI is InChI=1S/C15H21N3O2/c1-3-18(9-14(16)19)15(20)12-8-11-6-4-5-7-13(11)17-10(12)2/h4-7,10,12,17H,3,8-9H2,1-2H3,(H2,16,19). The number of nitrogens with one attached hydrogen (secondary N) is 1. The molecule has 0 spiro atoms. The minimum absolute atomic E-state index is 0.0131. The summed E-state index contributed by atoms with van der Waals surface area (Å²) in [5.74, 6) is -0.651. The maximum atomic E-state index is 12.6. The Balaban J connectivity index is 2.16. The number of amides is 2. The van der Waals surface area contributed by atoms with Gasteiger partial charge in [-0.25, -0.2) is 0 Å². The Labute approximate surface area is 119 Å². The number of benzene rings is 1. The number of hydrogen-bond acceptors (Lipinski definition) is 3. The highest BCUT2D eigenvalue weighted by Gasteiger charge is 2.33. The Morgan fingerprint density at radius 3 is 2.75 bits per heavy atom. The molecule has 0 saturated carbocycles. The maximum Gasteiger partial charge on any atom is 0.237 e. The van der Waals surface area contributed by atoms with Crippen molar-refractivity contribution in [2.24, 2.45) is 11.7 Å². The summed E-state index contributed by atoms with van der Waals surface area (Å²) < 4.78 is 0. The third-order valence-corrected chi connectivity index (χ3v) is 3.80. The minimum atomic E-state index is -0.475. The molecule has 2 atom stereocenters. The van der Waals surface area contributed by atoms with Gasteiger partial charge in [-0.15, -0.1) is 0 Å². The second kappa shape index (κ2) is 5.94. The molecule has 0 radical (unpaired) electrons. The van der Waals surface area contributed by atoms with Crippen LogP contribution in [0.25, 0.3) is 0 Å². The molecule has 5 heteroatoms. The lowest BCUT2D eigenvalue weighted by Crippen LogP contribution is -2.47. The summed E-state index contributed by atoms with van der Waals surface area (Å²) in [6, 6.07) is 8.04. The lowest BCUT2D eigenvalue weighted by atomic mass is 9.87. The van der Waals surface area contributed by atoms with Gasteiger partial charge in [0, 0.05) is 18.3 Å². The molecule has 0 bridgehead atoms. The van der Waals surface area contributed by atoms with E-state index in [9.17, 15) is 9.59 Å². The van der Waals surface area contributed by atoms with Crippen LogP contribution in [-0.2, 0) is 16.0 Å². The quantitative estimate of drug-likeness (QED) is 0.860. The highest BCUT2D eigenvalue weighted by atomic mass is 16.2. The third-order valence-electron chi connectivity index (χ3n) is 3.80. The second-order valence-corrected chi connectivity index (χ2v) is 5.22. The smallest absolute Gasteiger partial charge is 0.237 e. The molecule has 2 amide bonds. The molecule has 1 aliphatic rings. The molecule has 20 heavy (non-hydrogen) atoms. The fourth-order valence-electron chi connectivity index (χ4n) is 2.67. The molecule has 1 heterocycles. The summed E-state index contributed by atoms with van der Waals surface area (Å²) in [6.07, 6.45) is 0.693. The lowest BCUT2D eigenvalue weighted by Gasteiger charge is -2.34. The van der Waals surface area contributed by atoms with Gasteiger partial charge >= 0.3 is 0 Å². The van der Waals surface area contributed by atoms with E-state index in [4.69, 9.17) is 5.73 Å². The van der Waals surface area contributed by atoms with Gasteiger partial charge in [0.2, 0.25) is 11.8 Å². The maximum absolute atomic E-state index is 12.6. The molecule has 5 nitrogen and oxygen atoms in total. The summed E-state index contributed by atoms with van der Waals surface area (Å²) >= 11 is 0. The average molecular weight is 275 g/mol. The van der Waals surface area contributed by atoms with Gasteiger partial charge in [0.25, 0.3) is 0 Å². The van der Waals surface area contributed by atoms with Crippen LogP contribution in [0.1, 0.15) is 19.4 Å². The van der Waals surface area contributed by atoms with E-state index in [1.165, 1.54) is 4.90 Å². The number of rotatable bonds is 4. The second-order valence-electron chi connectivity index (χ2n) is 5.22. The van der Waals surface area contributed by atoms with Crippen molar-refractivity contribution >= 4 is 17.5 Å². The monoisotopic (exact) mass is 275 g/mol. The zero-order chi connectivity index (χ0) is 14.7. The molecule has 0 aromatic heterocycles. The molecule has 1 aliphatic heterocycles. The first-order valence-electron chi connectivity index (χ1n) is 6.94. The normalized spacial score (nSPS) is 20.7. The van der Waals surface area contributed by atoms with Gasteiger partial charge in [0.15, 0.2) is 0 Å². The van der Waals surface area contributed by atoms with E-state index in [-0.39, 0.29) is 24.4 Å². The van der Waals surface area contributed by atoms with Crippen molar-refractivity contribution in [2.45, 2.75) is 26.3 Å². The van der Waals surface area contributed by atoms with Crippen molar-refractivity contribution in [2.75, 3.05) is 18.4 Å². The first-order valence-corrected chi connectivity index (χ1v) is 6.94. The fourth-order valence-corrected chi connectivity index (χ4v) is 2.67. The van der Waals surface area contributed by atoms with Gasteiger partial charge in [0.1, 0.15) is 0 Å². The first kappa shape index (κ1) is 14.4. The molecular weight excluding hydrogens is 254 g/mol. The molecule has 2 unspecified atom stereocenters. The summed E-state index contributed by atoms with van der Waals surface area (Å²) in [6.45, 7) is 4.33. The molecule has 1 aromatic rings. The average Bonchev–Trinajstić information content (AvgIpc) is 2.43. The van der Waals surface area contributed by atoms with Crippen LogP contribution < -0.4 is 11.1 Å². The zero-order valence-electron chi connectivity index (χ0n) is 11.9. The zero-order valence-corrected chi connectivity index (χ0v) is 11.9. The molecule has 0 fully saturated rings. The number of primary amides is 1. The number of hydrogen-bond donors (Lipinski definition) is 2. The largest absolute Gasteiger partial charge is 0.382 e. The topological polar surface area (TPSA) is 75.4 Å². The van der Waals surface area contributed by atoms with Gasteiger partial charge < -0.3 is 16.0 Å². The fraction of sp³-hybridized carbons (Fsp3) is 0.467. The third kappa shape index (κ3) is 2.92. The van der Waals surface area contributed by atoms with E-state index in [0.29, 0.717) is 13.0 Å². The van der Waals surface area contributed by atoms with Crippen LogP contribution in [0.3, 0.4) is 0 Å². The Morgan fingerprint density at radius 1 is 1.40 bits per heavy atom. The Hall–Kier alpha value is -2.04. The summed E-state index contributed by atoms with van der Waals surface area (Å²) in [7, 11) is 0.